The lowest BCUT2D eigenvalue weighted by Crippen LogP contribution is -1.86. The van der Waals surface area contributed by atoms with Gasteiger partial charge in [-0.1, -0.05) is 0 Å². The SMILES string of the molecule is C1CCSC1.CS(C)(=O)=O. The van der Waals surface area contributed by atoms with Crippen LogP contribution in [0, 0.1) is 0 Å². The standard InChI is InChI=1S/C4H8S.C2H6O2S/c1-2-4-5-3-1;1-5(2,3)4/h1-4H2;1-2H3. The lowest BCUT2D eigenvalue weighted by Gasteiger charge is -1.69. The maximum Gasteiger partial charge on any atom is 0.144 e. The zero-order valence-electron chi connectivity index (χ0n) is 6.46. The maximum atomic E-state index is 9.63. The van der Waals surface area contributed by atoms with Crippen molar-refractivity contribution in [1.82, 2.24) is 0 Å². The molecule has 0 aromatic rings. The molecule has 0 aliphatic carbocycles. The third-order valence-corrected chi connectivity index (χ3v) is 1.98. The summed E-state index contributed by atoms with van der Waals surface area (Å²) in [4.78, 5) is 0. The Bertz CT molecular complexity index is 141. The fourth-order valence-electron chi connectivity index (χ4n) is 0.510. The van der Waals surface area contributed by atoms with Crippen molar-refractivity contribution in [3.8, 4) is 0 Å². The topological polar surface area (TPSA) is 34.1 Å². The van der Waals surface area contributed by atoms with Crippen molar-refractivity contribution in [2.45, 2.75) is 12.8 Å². The molecule has 0 radical (unpaired) electrons. The van der Waals surface area contributed by atoms with Crippen molar-refractivity contribution in [2.24, 2.45) is 0 Å². The van der Waals surface area contributed by atoms with E-state index in [9.17, 15) is 8.42 Å². The third kappa shape index (κ3) is 15.7. The Morgan fingerprint density at radius 2 is 1.40 bits per heavy atom. The molecule has 0 bridgehead atoms. The van der Waals surface area contributed by atoms with Crippen LogP contribution in [-0.4, -0.2) is 32.4 Å². The molecule has 2 nitrogen and oxygen atoms in total. The largest absolute Gasteiger partial charge is 0.229 e. The molecule has 62 valence electrons. The molecule has 1 saturated heterocycles. The average Bonchev–Trinajstić information content (AvgIpc) is 2.07. The Hall–Kier alpha value is 0.300. The van der Waals surface area contributed by atoms with E-state index in [0.717, 1.165) is 12.5 Å². The summed E-state index contributed by atoms with van der Waals surface area (Å²) >= 11 is 2.07. The Balaban J connectivity index is 0.000000162. The zero-order valence-corrected chi connectivity index (χ0v) is 8.09. The number of hydrogen-bond acceptors (Lipinski definition) is 3. The predicted molar refractivity (Wildman–Crippen MR) is 47.3 cm³/mol. The fraction of sp³-hybridized carbons (Fsp3) is 1.00. The van der Waals surface area contributed by atoms with Crippen LogP contribution in [0.2, 0.25) is 0 Å². The van der Waals surface area contributed by atoms with Crippen LogP contribution >= 0.6 is 11.8 Å². The molecule has 0 atom stereocenters. The van der Waals surface area contributed by atoms with Crippen molar-refractivity contribution in [1.29, 1.82) is 0 Å². The van der Waals surface area contributed by atoms with Crippen molar-refractivity contribution < 1.29 is 8.42 Å². The average molecular weight is 182 g/mol. The minimum Gasteiger partial charge on any atom is -0.229 e. The first-order valence-electron chi connectivity index (χ1n) is 3.23. The van der Waals surface area contributed by atoms with Crippen molar-refractivity contribution in [3.63, 3.8) is 0 Å². The van der Waals surface area contributed by atoms with Gasteiger partial charge in [0.25, 0.3) is 0 Å². The van der Waals surface area contributed by atoms with Crippen molar-refractivity contribution in [3.05, 3.63) is 0 Å². The van der Waals surface area contributed by atoms with Gasteiger partial charge in [0.2, 0.25) is 0 Å². The quantitative estimate of drug-likeness (QED) is 0.564. The molecule has 0 aromatic heterocycles. The molecule has 1 aliphatic heterocycles. The van der Waals surface area contributed by atoms with E-state index in [1.54, 1.807) is 0 Å². The zero-order chi connectivity index (χ0) is 8.04. The molecule has 4 heteroatoms. The first kappa shape index (κ1) is 10.3. The first-order chi connectivity index (χ1) is 4.50. The van der Waals surface area contributed by atoms with E-state index in [0.29, 0.717) is 0 Å². The number of hydrogen-bond donors (Lipinski definition) is 0. The smallest absolute Gasteiger partial charge is 0.144 e. The molecule has 0 spiro atoms. The molecule has 0 saturated carbocycles. The summed E-state index contributed by atoms with van der Waals surface area (Å²) in [5.41, 5.74) is 0. The summed E-state index contributed by atoms with van der Waals surface area (Å²) in [5, 5.41) is 0. The summed E-state index contributed by atoms with van der Waals surface area (Å²) in [5.74, 6) is 2.83. The molecular weight excluding hydrogens is 168 g/mol. The van der Waals surface area contributed by atoms with Crippen LogP contribution in [-0.2, 0) is 9.84 Å². The van der Waals surface area contributed by atoms with E-state index in [4.69, 9.17) is 0 Å². The number of sulfone groups is 1. The van der Waals surface area contributed by atoms with Crippen LogP contribution in [0.5, 0.6) is 0 Å². The molecule has 1 fully saturated rings. The highest BCUT2D eigenvalue weighted by atomic mass is 32.2. The van der Waals surface area contributed by atoms with Gasteiger partial charge < -0.3 is 0 Å². The van der Waals surface area contributed by atoms with Gasteiger partial charge in [-0.25, -0.2) is 8.42 Å². The second-order valence-electron chi connectivity index (χ2n) is 2.46. The summed E-state index contributed by atoms with van der Waals surface area (Å²) in [6, 6.07) is 0. The van der Waals surface area contributed by atoms with Crippen molar-refractivity contribution >= 4 is 21.6 Å². The minimum absolute atomic E-state index is 1.16. The van der Waals surface area contributed by atoms with E-state index >= 15 is 0 Å². The maximum absolute atomic E-state index is 9.63. The van der Waals surface area contributed by atoms with Crippen LogP contribution < -0.4 is 0 Å². The molecule has 1 aliphatic rings. The van der Waals surface area contributed by atoms with Gasteiger partial charge in [-0.15, -0.1) is 0 Å². The third-order valence-electron chi connectivity index (χ3n) is 0.827. The number of rotatable bonds is 0. The Kier molecular flexibility index (Phi) is 5.17. The molecule has 1 rings (SSSR count). The Labute approximate surface area is 67.3 Å². The highest BCUT2D eigenvalue weighted by molar-refractivity contribution is 7.99. The normalized spacial score (nSPS) is 17.8. The lowest BCUT2D eigenvalue weighted by atomic mass is 10.4. The second kappa shape index (κ2) is 5.02. The predicted octanol–water partition coefficient (Wildman–Crippen LogP) is 1.17. The molecule has 10 heavy (non-hydrogen) atoms. The Morgan fingerprint density at radius 3 is 1.50 bits per heavy atom. The fourth-order valence-corrected chi connectivity index (χ4v) is 1.53. The summed E-state index contributed by atoms with van der Waals surface area (Å²) in [7, 11) is -2.67. The lowest BCUT2D eigenvalue weighted by molar-refractivity contribution is 0.607. The highest BCUT2D eigenvalue weighted by Crippen LogP contribution is 2.14. The molecule has 1 heterocycles. The molecule has 0 N–H and O–H groups in total. The minimum atomic E-state index is -2.67. The highest BCUT2D eigenvalue weighted by Gasteiger charge is 1.95. The molecule has 0 aromatic carbocycles. The van der Waals surface area contributed by atoms with E-state index in [-0.39, 0.29) is 0 Å². The monoisotopic (exact) mass is 182 g/mol. The van der Waals surface area contributed by atoms with Gasteiger partial charge in [0.05, 0.1) is 0 Å². The summed E-state index contributed by atoms with van der Waals surface area (Å²) in [6.45, 7) is 0. The van der Waals surface area contributed by atoms with Crippen LogP contribution in [0.15, 0.2) is 0 Å². The van der Waals surface area contributed by atoms with Crippen LogP contribution in [0.1, 0.15) is 12.8 Å². The van der Waals surface area contributed by atoms with E-state index < -0.39 is 9.84 Å². The van der Waals surface area contributed by atoms with Crippen LogP contribution in [0.25, 0.3) is 0 Å². The van der Waals surface area contributed by atoms with Crippen LogP contribution in [0.3, 0.4) is 0 Å². The van der Waals surface area contributed by atoms with Gasteiger partial charge in [0.1, 0.15) is 9.84 Å². The molecule has 0 unspecified atom stereocenters. The van der Waals surface area contributed by atoms with Gasteiger partial charge in [0.15, 0.2) is 0 Å². The summed E-state index contributed by atoms with van der Waals surface area (Å²) < 4.78 is 19.3. The summed E-state index contributed by atoms with van der Waals surface area (Å²) in [6.07, 6.45) is 5.25. The van der Waals surface area contributed by atoms with Gasteiger partial charge in [-0.2, -0.15) is 11.8 Å². The van der Waals surface area contributed by atoms with Crippen LogP contribution in [0.4, 0.5) is 0 Å². The van der Waals surface area contributed by atoms with E-state index in [1.807, 2.05) is 0 Å². The van der Waals surface area contributed by atoms with Gasteiger partial charge in [0, 0.05) is 12.5 Å². The van der Waals surface area contributed by atoms with E-state index in [1.165, 1.54) is 24.3 Å². The number of thioether (sulfide) groups is 1. The van der Waals surface area contributed by atoms with Gasteiger partial charge in [-0.3, -0.25) is 0 Å². The molecular formula is C6H14O2S2. The second-order valence-corrected chi connectivity index (χ2v) is 5.97. The molecule has 0 amide bonds. The van der Waals surface area contributed by atoms with Gasteiger partial charge in [-0.05, 0) is 24.3 Å². The Morgan fingerprint density at radius 1 is 1.10 bits per heavy atom. The first-order valence-corrected chi connectivity index (χ1v) is 6.68. The van der Waals surface area contributed by atoms with E-state index in [2.05, 4.69) is 11.8 Å². The van der Waals surface area contributed by atoms with Gasteiger partial charge >= 0.3 is 0 Å². The van der Waals surface area contributed by atoms with Crippen molar-refractivity contribution in [2.75, 3.05) is 24.0 Å².